The van der Waals surface area contributed by atoms with Gasteiger partial charge in [0.25, 0.3) is 0 Å². The Morgan fingerprint density at radius 3 is 1.52 bits per heavy atom. The molecule has 0 atom stereocenters. The van der Waals surface area contributed by atoms with Gasteiger partial charge in [-0.1, -0.05) is 127 Å². The summed E-state index contributed by atoms with van der Waals surface area (Å²) in [6, 6.07) is 38.1. The Morgan fingerprint density at radius 1 is 0.645 bits per heavy atom. The number of hydrogen-bond donors (Lipinski definition) is 0. The van der Waals surface area contributed by atoms with Gasteiger partial charge in [-0.3, -0.25) is 0 Å². The van der Waals surface area contributed by atoms with E-state index in [4.69, 9.17) is 0 Å². The van der Waals surface area contributed by atoms with Crippen molar-refractivity contribution in [1.29, 1.82) is 0 Å². The zero-order chi connectivity index (χ0) is 21.7. The Labute approximate surface area is 184 Å². The standard InChI is InChI=1S/C29H25OP/c1-23(2)22-29(26-20-18-25(19-21-26)24-12-6-3-7-13-24)31(30,27-14-8-4-9-15-27)28-16-10-5-11-17-28/h3-22H,1H2,2H3/b29-22+. The summed E-state index contributed by atoms with van der Waals surface area (Å²) in [7, 11) is -3.10. The normalized spacial score (nSPS) is 11.8. The van der Waals surface area contributed by atoms with Crippen LogP contribution in [0.25, 0.3) is 16.4 Å². The van der Waals surface area contributed by atoms with Gasteiger partial charge in [-0.05, 0) is 29.7 Å². The van der Waals surface area contributed by atoms with Gasteiger partial charge in [-0.25, -0.2) is 0 Å². The lowest BCUT2D eigenvalue weighted by Crippen LogP contribution is -2.17. The summed E-state index contributed by atoms with van der Waals surface area (Å²) in [6.07, 6.45) is 1.97. The molecule has 0 aliphatic heterocycles. The van der Waals surface area contributed by atoms with Crippen molar-refractivity contribution < 1.29 is 4.57 Å². The van der Waals surface area contributed by atoms with Gasteiger partial charge in [0, 0.05) is 15.9 Å². The highest BCUT2D eigenvalue weighted by molar-refractivity contribution is 7.87. The van der Waals surface area contributed by atoms with Crippen LogP contribution in [-0.2, 0) is 4.57 Å². The van der Waals surface area contributed by atoms with E-state index in [0.29, 0.717) is 0 Å². The van der Waals surface area contributed by atoms with E-state index in [2.05, 4.69) is 43.0 Å². The third kappa shape index (κ3) is 4.38. The second-order valence-corrected chi connectivity index (χ2v) is 10.3. The van der Waals surface area contributed by atoms with Crippen molar-refractivity contribution in [3.05, 3.63) is 139 Å². The van der Waals surface area contributed by atoms with Crippen LogP contribution in [-0.4, -0.2) is 0 Å². The van der Waals surface area contributed by atoms with E-state index in [-0.39, 0.29) is 0 Å². The van der Waals surface area contributed by atoms with Crippen molar-refractivity contribution in [3.8, 4) is 11.1 Å². The fourth-order valence-corrected chi connectivity index (χ4v) is 6.71. The van der Waals surface area contributed by atoms with Crippen LogP contribution in [0.3, 0.4) is 0 Å². The second kappa shape index (κ2) is 9.16. The van der Waals surface area contributed by atoms with Crippen molar-refractivity contribution in [2.75, 3.05) is 0 Å². The van der Waals surface area contributed by atoms with Gasteiger partial charge in [0.1, 0.15) is 0 Å². The molecule has 0 heterocycles. The maximum absolute atomic E-state index is 14.9. The molecule has 0 fully saturated rings. The van der Waals surface area contributed by atoms with E-state index in [0.717, 1.165) is 38.2 Å². The summed E-state index contributed by atoms with van der Waals surface area (Å²) in [5, 5.41) is 2.44. The van der Waals surface area contributed by atoms with E-state index in [9.17, 15) is 4.57 Å². The first-order valence-corrected chi connectivity index (χ1v) is 12.0. The molecule has 0 aromatic heterocycles. The lowest BCUT2D eigenvalue weighted by molar-refractivity contribution is 0.593. The minimum absolute atomic E-state index is 0.803. The lowest BCUT2D eigenvalue weighted by atomic mass is 10.0. The highest BCUT2D eigenvalue weighted by atomic mass is 31.2. The predicted molar refractivity (Wildman–Crippen MR) is 134 cm³/mol. The van der Waals surface area contributed by atoms with Gasteiger partial charge in [0.2, 0.25) is 0 Å². The van der Waals surface area contributed by atoms with Crippen LogP contribution in [0.2, 0.25) is 0 Å². The summed E-state index contributed by atoms with van der Waals surface area (Å²) >= 11 is 0. The maximum atomic E-state index is 14.9. The monoisotopic (exact) mass is 420 g/mol. The molecular formula is C29H25OP. The van der Waals surface area contributed by atoms with Gasteiger partial charge in [0.15, 0.2) is 7.14 Å². The molecule has 0 radical (unpaired) electrons. The molecule has 31 heavy (non-hydrogen) atoms. The summed E-state index contributed by atoms with van der Waals surface area (Å²) in [6.45, 7) is 6.03. The number of hydrogen-bond acceptors (Lipinski definition) is 1. The van der Waals surface area contributed by atoms with Crippen LogP contribution in [0.5, 0.6) is 0 Å². The molecule has 0 aliphatic rings. The first-order valence-electron chi connectivity index (χ1n) is 10.3. The zero-order valence-corrected chi connectivity index (χ0v) is 18.5. The molecule has 2 heteroatoms. The van der Waals surface area contributed by atoms with E-state index < -0.39 is 7.14 Å². The molecule has 0 aliphatic carbocycles. The van der Waals surface area contributed by atoms with Gasteiger partial charge >= 0.3 is 0 Å². The van der Waals surface area contributed by atoms with E-state index in [1.807, 2.05) is 91.9 Å². The minimum atomic E-state index is -3.10. The van der Waals surface area contributed by atoms with Gasteiger partial charge in [-0.15, -0.1) is 0 Å². The first-order chi connectivity index (χ1) is 15.1. The molecule has 0 N–H and O–H groups in total. The third-order valence-corrected chi connectivity index (χ3v) is 8.37. The Bertz CT molecular complexity index is 1200. The molecular weight excluding hydrogens is 395 g/mol. The van der Waals surface area contributed by atoms with Crippen molar-refractivity contribution in [2.45, 2.75) is 6.92 Å². The quantitative estimate of drug-likeness (QED) is 0.236. The molecule has 152 valence electrons. The fourth-order valence-electron chi connectivity index (χ4n) is 3.76. The molecule has 4 aromatic rings. The molecule has 0 spiro atoms. The minimum Gasteiger partial charge on any atom is -0.309 e. The summed E-state index contributed by atoms with van der Waals surface area (Å²) in [4.78, 5) is 0. The van der Waals surface area contributed by atoms with Crippen LogP contribution >= 0.6 is 7.14 Å². The van der Waals surface area contributed by atoms with Crippen LogP contribution in [0, 0.1) is 0 Å². The second-order valence-electron chi connectivity index (χ2n) is 7.60. The predicted octanol–water partition coefficient (Wildman–Crippen LogP) is 7.28. The third-order valence-electron chi connectivity index (χ3n) is 5.25. The molecule has 0 unspecified atom stereocenters. The summed E-state index contributed by atoms with van der Waals surface area (Å²) < 4.78 is 14.9. The largest absolute Gasteiger partial charge is 0.309 e. The molecule has 4 rings (SSSR count). The number of allylic oxidation sites excluding steroid dienone is 2. The molecule has 1 nitrogen and oxygen atoms in total. The van der Waals surface area contributed by atoms with Crippen molar-refractivity contribution >= 4 is 23.1 Å². The van der Waals surface area contributed by atoms with Crippen LogP contribution in [0.4, 0.5) is 0 Å². The van der Waals surface area contributed by atoms with Gasteiger partial charge in [0.05, 0.1) is 0 Å². The van der Waals surface area contributed by atoms with Crippen LogP contribution in [0.1, 0.15) is 12.5 Å². The topological polar surface area (TPSA) is 17.1 Å². The molecule has 4 aromatic carbocycles. The van der Waals surface area contributed by atoms with Gasteiger partial charge in [-0.2, -0.15) is 0 Å². The first kappa shape index (κ1) is 20.8. The van der Waals surface area contributed by atoms with Crippen LogP contribution < -0.4 is 10.6 Å². The van der Waals surface area contributed by atoms with E-state index in [1.165, 1.54) is 0 Å². The molecule has 0 saturated heterocycles. The fraction of sp³-hybridized carbons (Fsp3) is 0.0345. The summed E-state index contributed by atoms with van der Waals surface area (Å²) in [5.41, 5.74) is 4.11. The van der Waals surface area contributed by atoms with Crippen molar-refractivity contribution in [2.24, 2.45) is 0 Å². The Balaban J connectivity index is 1.90. The average Bonchev–Trinajstić information content (AvgIpc) is 2.84. The summed E-state index contributed by atoms with van der Waals surface area (Å²) in [5.74, 6) is 0. The zero-order valence-electron chi connectivity index (χ0n) is 17.6. The van der Waals surface area contributed by atoms with Crippen molar-refractivity contribution in [3.63, 3.8) is 0 Å². The highest BCUT2D eigenvalue weighted by Crippen LogP contribution is 2.57. The number of benzene rings is 4. The maximum Gasteiger partial charge on any atom is 0.171 e. The highest BCUT2D eigenvalue weighted by Gasteiger charge is 2.32. The van der Waals surface area contributed by atoms with Crippen LogP contribution in [0.15, 0.2) is 133 Å². The van der Waals surface area contributed by atoms with Crippen molar-refractivity contribution in [1.82, 2.24) is 0 Å². The van der Waals surface area contributed by atoms with E-state index >= 15 is 0 Å². The number of rotatable bonds is 6. The lowest BCUT2D eigenvalue weighted by Gasteiger charge is -2.23. The Kier molecular flexibility index (Phi) is 6.16. The Hall–Kier alpha value is -3.41. The molecule has 0 bridgehead atoms. The Morgan fingerprint density at radius 2 is 1.06 bits per heavy atom. The molecule has 0 amide bonds. The SMILES string of the molecule is C=C(C)/C=C(\c1ccc(-c2ccccc2)cc1)P(=O)(c1ccccc1)c1ccccc1. The van der Waals surface area contributed by atoms with Gasteiger partial charge < -0.3 is 4.57 Å². The average molecular weight is 420 g/mol. The smallest absolute Gasteiger partial charge is 0.171 e. The van der Waals surface area contributed by atoms with E-state index in [1.54, 1.807) is 0 Å². The molecule has 0 saturated carbocycles.